The lowest BCUT2D eigenvalue weighted by Crippen LogP contribution is -2.49. The number of benzene rings is 1. The van der Waals surface area contributed by atoms with Crippen LogP contribution in [0.3, 0.4) is 0 Å². The first-order valence-electron chi connectivity index (χ1n) is 9.15. The number of sulfonamides is 1. The Hall–Kier alpha value is -0.800. The van der Waals surface area contributed by atoms with Crippen LogP contribution in [-0.4, -0.2) is 59.8 Å². The Morgan fingerprint density at radius 2 is 2.07 bits per heavy atom. The number of aliphatic imine (C=N–C) groups is 1. The summed E-state index contributed by atoms with van der Waals surface area (Å²) in [6, 6.07) is 5.16. The van der Waals surface area contributed by atoms with Crippen LogP contribution >= 0.6 is 35.0 Å². The summed E-state index contributed by atoms with van der Waals surface area (Å²) < 4.78 is 25.2. The Morgan fingerprint density at radius 1 is 1.32 bits per heavy atom. The van der Waals surface area contributed by atoms with Crippen LogP contribution in [0.4, 0.5) is 5.69 Å². The molecular weight excluding hydrogens is 441 g/mol. The Kier molecular flexibility index (Phi) is 6.97. The van der Waals surface area contributed by atoms with E-state index in [4.69, 9.17) is 23.2 Å². The lowest BCUT2D eigenvalue weighted by atomic mass is 9.97. The molecule has 2 aliphatic rings. The molecule has 2 saturated heterocycles. The summed E-state index contributed by atoms with van der Waals surface area (Å²) in [6.07, 6.45) is 3.36. The normalized spacial score (nSPS) is 25.4. The number of hydrogen-bond acceptors (Lipinski definition) is 5. The summed E-state index contributed by atoms with van der Waals surface area (Å²) in [5.41, 5.74) is 0.632. The fraction of sp³-hybridized carbons (Fsp3) is 0.556. The number of amidine groups is 1. The van der Waals surface area contributed by atoms with Gasteiger partial charge in [0.05, 0.1) is 27.9 Å². The number of nitrogens with zero attached hydrogens (tertiary/aromatic N) is 3. The zero-order valence-corrected chi connectivity index (χ0v) is 18.9. The predicted molar refractivity (Wildman–Crippen MR) is 116 cm³/mol. The molecule has 2 heterocycles. The fourth-order valence-electron chi connectivity index (χ4n) is 3.44. The maximum Gasteiger partial charge on any atom is 0.233 e. The first-order valence-corrected chi connectivity index (χ1v) is 12.7. The molecule has 10 heteroatoms. The van der Waals surface area contributed by atoms with Crippen LogP contribution in [0.15, 0.2) is 23.2 Å². The molecule has 1 amide bonds. The third kappa shape index (κ3) is 4.84. The van der Waals surface area contributed by atoms with Crippen molar-refractivity contribution < 1.29 is 13.2 Å². The average molecular weight is 464 g/mol. The smallest absolute Gasteiger partial charge is 0.233 e. The van der Waals surface area contributed by atoms with Crippen molar-refractivity contribution in [2.75, 3.05) is 25.1 Å². The minimum absolute atomic E-state index is 0.0487. The van der Waals surface area contributed by atoms with Gasteiger partial charge in [0, 0.05) is 24.9 Å². The van der Waals surface area contributed by atoms with Crippen LogP contribution in [0.25, 0.3) is 0 Å². The van der Waals surface area contributed by atoms with Crippen LogP contribution in [0.2, 0.25) is 10.0 Å². The minimum Gasteiger partial charge on any atom is -0.287 e. The van der Waals surface area contributed by atoms with Crippen molar-refractivity contribution in [1.82, 2.24) is 9.21 Å². The van der Waals surface area contributed by atoms with Crippen LogP contribution in [0.5, 0.6) is 0 Å². The number of hydrogen-bond donors (Lipinski definition) is 0. The van der Waals surface area contributed by atoms with Crippen LogP contribution in [-0.2, 0) is 14.8 Å². The lowest BCUT2D eigenvalue weighted by Gasteiger charge is -2.34. The van der Waals surface area contributed by atoms with E-state index < -0.39 is 10.0 Å². The first kappa shape index (κ1) is 21.9. The highest BCUT2D eigenvalue weighted by Crippen LogP contribution is 2.33. The van der Waals surface area contributed by atoms with Crippen molar-refractivity contribution in [2.24, 2.45) is 10.9 Å². The molecule has 0 aliphatic carbocycles. The van der Waals surface area contributed by atoms with Gasteiger partial charge in [0.25, 0.3) is 0 Å². The van der Waals surface area contributed by atoms with E-state index in [0.717, 1.165) is 12.2 Å². The third-order valence-electron chi connectivity index (χ3n) is 5.02. The van der Waals surface area contributed by atoms with E-state index in [1.807, 2.05) is 6.92 Å². The van der Waals surface area contributed by atoms with Gasteiger partial charge in [0.2, 0.25) is 15.9 Å². The number of piperidine rings is 1. The molecule has 0 spiro atoms. The molecule has 0 bridgehead atoms. The molecule has 0 aromatic heterocycles. The molecule has 0 N–H and O–H groups in total. The second-order valence-electron chi connectivity index (χ2n) is 7.03. The molecule has 2 fully saturated rings. The maximum atomic E-state index is 13.3. The van der Waals surface area contributed by atoms with Gasteiger partial charge in [-0.1, -0.05) is 41.9 Å². The second kappa shape index (κ2) is 8.92. The van der Waals surface area contributed by atoms with E-state index >= 15 is 0 Å². The van der Waals surface area contributed by atoms with Gasteiger partial charge in [-0.25, -0.2) is 17.7 Å². The van der Waals surface area contributed by atoms with E-state index in [1.165, 1.54) is 22.3 Å². The summed E-state index contributed by atoms with van der Waals surface area (Å²) in [7, 11) is -3.31. The SMILES string of the molecule is CCC1CSC(=Nc2ccc(Cl)c(Cl)c2)N1C(=O)C1CCCN(S(C)(=O)=O)C1. The van der Waals surface area contributed by atoms with E-state index in [1.54, 1.807) is 23.1 Å². The maximum absolute atomic E-state index is 13.3. The Labute approximate surface area is 180 Å². The van der Waals surface area contributed by atoms with Gasteiger partial charge in [-0.05, 0) is 37.5 Å². The Morgan fingerprint density at radius 3 is 2.71 bits per heavy atom. The van der Waals surface area contributed by atoms with Gasteiger partial charge in [-0.3, -0.25) is 9.69 Å². The van der Waals surface area contributed by atoms with E-state index in [-0.39, 0.29) is 24.4 Å². The number of carbonyl (C=O) groups is 1. The number of thioether (sulfide) groups is 1. The van der Waals surface area contributed by atoms with Crippen molar-refractivity contribution in [3.05, 3.63) is 28.2 Å². The quantitative estimate of drug-likeness (QED) is 0.675. The van der Waals surface area contributed by atoms with E-state index in [0.29, 0.717) is 40.3 Å². The van der Waals surface area contributed by atoms with Crippen LogP contribution < -0.4 is 0 Å². The van der Waals surface area contributed by atoms with Gasteiger partial charge in [-0.2, -0.15) is 0 Å². The molecule has 0 radical (unpaired) electrons. The van der Waals surface area contributed by atoms with Crippen molar-refractivity contribution in [3.8, 4) is 0 Å². The van der Waals surface area contributed by atoms with E-state index in [9.17, 15) is 13.2 Å². The molecule has 3 rings (SSSR count). The molecule has 154 valence electrons. The number of carbonyl (C=O) groups excluding carboxylic acids is 1. The van der Waals surface area contributed by atoms with Crippen LogP contribution in [0.1, 0.15) is 26.2 Å². The van der Waals surface area contributed by atoms with Crippen molar-refractivity contribution in [2.45, 2.75) is 32.2 Å². The van der Waals surface area contributed by atoms with Gasteiger partial charge < -0.3 is 0 Å². The monoisotopic (exact) mass is 463 g/mol. The van der Waals surface area contributed by atoms with Crippen molar-refractivity contribution in [1.29, 1.82) is 0 Å². The standard InChI is InChI=1S/C18H23Cl2N3O3S2/c1-3-14-11-27-18(21-13-6-7-15(19)16(20)9-13)23(14)17(24)12-5-4-8-22(10-12)28(2,25)26/h6-7,9,12,14H,3-5,8,10-11H2,1-2H3. The summed E-state index contributed by atoms with van der Waals surface area (Å²) in [4.78, 5) is 19.7. The lowest BCUT2D eigenvalue weighted by molar-refractivity contribution is -0.133. The summed E-state index contributed by atoms with van der Waals surface area (Å²) in [5.74, 6) is 0.365. The van der Waals surface area contributed by atoms with Crippen molar-refractivity contribution in [3.63, 3.8) is 0 Å². The molecule has 1 aromatic carbocycles. The third-order valence-corrected chi connectivity index (χ3v) is 8.12. The molecule has 2 atom stereocenters. The number of amides is 1. The predicted octanol–water partition coefficient (Wildman–Crippen LogP) is 4.01. The Bertz CT molecular complexity index is 892. The van der Waals surface area contributed by atoms with Crippen molar-refractivity contribution >= 4 is 61.7 Å². The van der Waals surface area contributed by atoms with Gasteiger partial charge in [0.1, 0.15) is 0 Å². The molecule has 1 aromatic rings. The minimum atomic E-state index is -3.31. The number of halogens is 2. The molecule has 28 heavy (non-hydrogen) atoms. The van der Waals surface area contributed by atoms with Gasteiger partial charge in [-0.15, -0.1) is 0 Å². The van der Waals surface area contributed by atoms with Gasteiger partial charge in [0.15, 0.2) is 5.17 Å². The van der Waals surface area contributed by atoms with E-state index in [2.05, 4.69) is 4.99 Å². The zero-order valence-electron chi connectivity index (χ0n) is 15.8. The Balaban J connectivity index is 1.86. The molecule has 0 saturated carbocycles. The zero-order chi connectivity index (χ0) is 20.5. The van der Waals surface area contributed by atoms with Crippen LogP contribution in [0, 0.1) is 5.92 Å². The molecule has 2 aliphatic heterocycles. The highest BCUT2D eigenvalue weighted by atomic mass is 35.5. The molecule has 2 unspecified atom stereocenters. The molecule has 6 nitrogen and oxygen atoms in total. The highest BCUT2D eigenvalue weighted by molar-refractivity contribution is 8.14. The fourth-order valence-corrected chi connectivity index (χ4v) is 5.92. The topological polar surface area (TPSA) is 70.1 Å². The molecular formula is C18H23Cl2N3O3S2. The highest BCUT2D eigenvalue weighted by Gasteiger charge is 2.40. The second-order valence-corrected chi connectivity index (χ2v) is 10.8. The summed E-state index contributed by atoms with van der Waals surface area (Å²) in [5, 5.41) is 1.49. The first-order chi connectivity index (χ1) is 13.2. The number of rotatable bonds is 4. The summed E-state index contributed by atoms with van der Waals surface area (Å²) in [6.45, 7) is 2.74. The largest absolute Gasteiger partial charge is 0.287 e. The average Bonchev–Trinajstić information content (AvgIpc) is 3.06. The summed E-state index contributed by atoms with van der Waals surface area (Å²) >= 11 is 13.6. The van der Waals surface area contributed by atoms with Gasteiger partial charge >= 0.3 is 0 Å².